The molecule has 1 N–H and O–H groups in total. The lowest BCUT2D eigenvalue weighted by Gasteiger charge is -2.12. The van der Waals surface area contributed by atoms with Crippen LogP contribution in [0.3, 0.4) is 0 Å². The molecule has 0 spiro atoms. The van der Waals surface area contributed by atoms with Crippen molar-refractivity contribution in [2.24, 2.45) is 0 Å². The van der Waals surface area contributed by atoms with Gasteiger partial charge in [0.25, 0.3) is 5.56 Å². The number of methoxy groups -OCH3 is 1. The van der Waals surface area contributed by atoms with Crippen molar-refractivity contribution >= 4 is 43.4 Å². The molecule has 4 aromatic rings. The van der Waals surface area contributed by atoms with E-state index in [1.54, 1.807) is 37.6 Å². The minimum Gasteiger partial charge on any atom is -0.497 e. The number of rotatable bonds is 5. The standard InChI is InChI=1S/C20H18N4O3S/c1-3-15-23-17-14-8-5-9-21-19(14)28-18(17)20(26)24(15)11-16(25)22-12-6-4-7-13(10-12)27-2/h4-10H,3,11H2,1-2H3,(H,22,25). The quantitative estimate of drug-likeness (QED) is 0.562. The number of hydrogen-bond donors (Lipinski definition) is 1. The van der Waals surface area contributed by atoms with Crippen molar-refractivity contribution in [2.45, 2.75) is 19.9 Å². The second kappa shape index (κ2) is 7.40. The Labute approximate surface area is 164 Å². The Kier molecular flexibility index (Phi) is 4.79. The number of anilines is 1. The number of benzene rings is 1. The molecule has 4 rings (SSSR count). The van der Waals surface area contributed by atoms with E-state index in [1.807, 2.05) is 19.1 Å². The predicted octanol–water partition coefficient (Wildman–Crippen LogP) is 3.22. The van der Waals surface area contributed by atoms with E-state index in [0.29, 0.717) is 33.9 Å². The van der Waals surface area contributed by atoms with Gasteiger partial charge >= 0.3 is 0 Å². The summed E-state index contributed by atoms with van der Waals surface area (Å²) in [4.78, 5) is 35.4. The van der Waals surface area contributed by atoms with E-state index < -0.39 is 0 Å². The molecule has 8 heteroatoms. The smallest absolute Gasteiger partial charge is 0.272 e. The van der Waals surface area contributed by atoms with Crippen LogP contribution in [0.25, 0.3) is 20.4 Å². The highest BCUT2D eigenvalue weighted by Gasteiger charge is 2.17. The lowest BCUT2D eigenvalue weighted by Crippen LogP contribution is -2.30. The van der Waals surface area contributed by atoms with Crippen LogP contribution >= 0.6 is 11.3 Å². The Morgan fingerprint density at radius 2 is 2.14 bits per heavy atom. The first-order valence-corrected chi connectivity index (χ1v) is 9.63. The van der Waals surface area contributed by atoms with E-state index in [2.05, 4.69) is 15.3 Å². The first kappa shape index (κ1) is 18.1. The SMILES string of the molecule is CCc1nc2c(sc3ncccc32)c(=O)n1CC(=O)Nc1cccc(OC)c1. The van der Waals surface area contributed by atoms with Gasteiger partial charge in [0.05, 0.1) is 12.6 Å². The van der Waals surface area contributed by atoms with Crippen LogP contribution in [-0.2, 0) is 17.8 Å². The summed E-state index contributed by atoms with van der Waals surface area (Å²) in [5.74, 6) is 0.914. The van der Waals surface area contributed by atoms with Crippen LogP contribution in [0.1, 0.15) is 12.7 Å². The molecule has 0 aliphatic heterocycles. The Balaban J connectivity index is 1.71. The van der Waals surface area contributed by atoms with Crippen molar-refractivity contribution in [1.29, 1.82) is 0 Å². The largest absolute Gasteiger partial charge is 0.497 e. The number of amides is 1. The zero-order valence-corrected chi connectivity index (χ0v) is 16.2. The maximum Gasteiger partial charge on any atom is 0.272 e. The lowest BCUT2D eigenvalue weighted by molar-refractivity contribution is -0.116. The highest BCUT2D eigenvalue weighted by Crippen LogP contribution is 2.28. The number of thiophene rings is 1. The van der Waals surface area contributed by atoms with Crippen LogP contribution in [0.4, 0.5) is 5.69 Å². The van der Waals surface area contributed by atoms with E-state index in [1.165, 1.54) is 15.9 Å². The summed E-state index contributed by atoms with van der Waals surface area (Å²) in [6.07, 6.45) is 2.23. The van der Waals surface area contributed by atoms with Crippen molar-refractivity contribution < 1.29 is 9.53 Å². The fraction of sp³-hybridized carbons (Fsp3) is 0.200. The molecule has 0 fully saturated rings. The molecule has 0 aliphatic carbocycles. The van der Waals surface area contributed by atoms with E-state index >= 15 is 0 Å². The number of aryl methyl sites for hydroxylation is 1. The van der Waals surface area contributed by atoms with Crippen LogP contribution < -0.4 is 15.6 Å². The summed E-state index contributed by atoms with van der Waals surface area (Å²) in [6.45, 7) is 1.81. The second-order valence-electron chi connectivity index (χ2n) is 6.19. The maximum atomic E-state index is 13.1. The molecule has 0 atom stereocenters. The number of aromatic nitrogens is 3. The summed E-state index contributed by atoms with van der Waals surface area (Å²) in [5.41, 5.74) is 1.04. The van der Waals surface area contributed by atoms with Crippen LogP contribution in [0, 0.1) is 0 Å². The molecule has 1 aromatic carbocycles. The van der Waals surface area contributed by atoms with E-state index in [9.17, 15) is 9.59 Å². The fourth-order valence-electron chi connectivity index (χ4n) is 3.08. The summed E-state index contributed by atoms with van der Waals surface area (Å²) in [7, 11) is 1.56. The Morgan fingerprint density at radius 3 is 2.93 bits per heavy atom. The zero-order chi connectivity index (χ0) is 19.7. The monoisotopic (exact) mass is 394 g/mol. The van der Waals surface area contributed by atoms with Gasteiger partial charge in [-0.1, -0.05) is 13.0 Å². The number of carbonyl (C=O) groups is 1. The second-order valence-corrected chi connectivity index (χ2v) is 7.19. The number of nitrogens with one attached hydrogen (secondary N) is 1. The normalized spacial score (nSPS) is 11.1. The molecule has 3 heterocycles. The van der Waals surface area contributed by atoms with Crippen LogP contribution in [0.5, 0.6) is 5.75 Å². The predicted molar refractivity (Wildman–Crippen MR) is 110 cm³/mol. The lowest BCUT2D eigenvalue weighted by atomic mass is 10.3. The van der Waals surface area contributed by atoms with Crippen LogP contribution in [-0.4, -0.2) is 27.6 Å². The molecule has 0 unspecified atom stereocenters. The Bertz CT molecular complexity index is 1250. The van der Waals surface area contributed by atoms with Gasteiger partial charge in [-0.25, -0.2) is 9.97 Å². The molecule has 0 saturated carbocycles. The summed E-state index contributed by atoms with van der Waals surface area (Å²) in [6, 6.07) is 10.8. The Hall–Kier alpha value is -3.26. The number of carbonyl (C=O) groups excluding carboxylic acids is 1. The van der Waals surface area contributed by atoms with E-state index in [-0.39, 0.29) is 18.0 Å². The molecular formula is C20H18N4O3S. The van der Waals surface area contributed by atoms with Crippen LogP contribution in [0.2, 0.25) is 0 Å². The van der Waals surface area contributed by atoms with Gasteiger partial charge in [-0.05, 0) is 24.3 Å². The zero-order valence-electron chi connectivity index (χ0n) is 15.4. The van der Waals surface area contributed by atoms with Gasteiger partial charge in [0.1, 0.15) is 27.6 Å². The molecule has 0 radical (unpaired) electrons. The van der Waals surface area contributed by atoms with Gasteiger partial charge in [0.2, 0.25) is 5.91 Å². The van der Waals surface area contributed by atoms with Crippen molar-refractivity contribution in [3.05, 3.63) is 58.8 Å². The van der Waals surface area contributed by atoms with E-state index in [4.69, 9.17) is 4.74 Å². The first-order chi connectivity index (χ1) is 13.6. The number of nitrogens with zero attached hydrogens (tertiary/aromatic N) is 3. The molecule has 142 valence electrons. The van der Waals surface area contributed by atoms with Crippen LogP contribution in [0.15, 0.2) is 47.4 Å². The average Bonchev–Trinajstić information content (AvgIpc) is 3.09. The Morgan fingerprint density at radius 1 is 1.29 bits per heavy atom. The molecule has 0 saturated heterocycles. The fourth-order valence-corrected chi connectivity index (χ4v) is 4.11. The first-order valence-electron chi connectivity index (χ1n) is 8.81. The highest BCUT2D eigenvalue weighted by molar-refractivity contribution is 7.25. The minimum atomic E-state index is -0.301. The van der Waals surface area contributed by atoms with Gasteiger partial charge in [0.15, 0.2) is 0 Å². The van der Waals surface area contributed by atoms with E-state index in [0.717, 1.165) is 10.2 Å². The molecule has 3 aromatic heterocycles. The highest BCUT2D eigenvalue weighted by atomic mass is 32.1. The third-order valence-corrected chi connectivity index (χ3v) is 5.49. The minimum absolute atomic E-state index is 0.107. The number of fused-ring (bicyclic) bond motifs is 3. The van der Waals surface area contributed by atoms with Crippen molar-refractivity contribution in [3.8, 4) is 5.75 Å². The number of ether oxygens (including phenoxy) is 1. The van der Waals surface area contributed by atoms with Gasteiger partial charge < -0.3 is 10.1 Å². The van der Waals surface area contributed by atoms with Gasteiger partial charge in [-0.3, -0.25) is 14.2 Å². The number of pyridine rings is 1. The maximum absolute atomic E-state index is 13.1. The molecule has 0 aliphatic rings. The third-order valence-electron chi connectivity index (χ3n) is 4.40. The van der Waals surface area contributed by atoms with Gasteiger partial charge in [0, 0.05) is 29.8 Å². The number of hydrogen-bond acceptors (Lipinski definition) is 6. The molecule has 28 heavy (non-hydrogen) atoms. The van der Waals surface area contributed by atoms with Crippen molar-refractivity contribution in [2.75, 3.05) is 12.4 Å². The third kappa shape index (κ3) is 3.22. The molecule has 0 bridgehead atoms. The topological polar surface area (TPSA) is 86.1 Å². The van der Waals surface area contributed by atoms with Gasteiger partial charge in [-0.15, -0.1) is 11.3 Å². The van der Waals surface area contributed by atoms with Gasteiger partial charge in [-0.2, -0.15) is 0 Å². The average molecular weight is 394 g/mol. The molecular weight excluding hydrogens is 376 g/mol. The van der Waals surface area contributed by atoms with Crippen molar-refractivity contribution in [1.82, 2.24) is 14.5 Å². The molecule has 7 nitrogen and oxygen atoms in total. The summed E-state index contributed by atoms with van der Waals surface area (Å²) < 4.78 is 7.12. The summed E-state index contributed by atoms with van der Waals surface area (Å²) >= 11 is 1.30. The van der Waals surface area contributed by atoms with Crippen molar-refractivity contribution in [3.63, 3.8) is 0 Å². The molecule has 1 amide bonds. The summed E-state index contributed by atoms with van der Waals surface area (Å²) in [5, 5.41) is 3.67.